The third-order valence-corrected chi connectivity index (χ3v) is 6.31. The van der Waals surface area contributed by atoms with Gasteiger partial charge in [-0.05, 0) is 58.2 Å². The maximum Gasteiger partial charge on any atom is 0.242 e. The van der Waals surface area contributed by atoms with Gasteiger partial charge < -0.3 is 14.4 Å². The minimum absolute atomic E-state index is 0.0162. The molecule has 2 aromatic rings. The van der Waals surface area contributed by atoms with Gasteiger partial charge in [0, 0.05) is 36.4 Å². The Hall–Kier alpha value is -2.56. The van der Waals surface area contributed by atoms with Gasteiger partial charge in [0.25, 0.3) is 0 Å². The van der Waals surface area contributed by atoms with Crippen LogP contribution in [0.4, 0.5) is 0 Å². The number of hydrogen-bond acceptors (Lipinski definition) is 2. The first-order valence-corrected chi connectivity index (χ1v) is 11.6. The molecule has 1 fully saturated rings. The Morgan fingerprint density at radius 3 is 2.19 bits per heavy atom. The fraction of sp³-hybridized carbons (Fsp3) is 0.538. The highest BCUT2D eigenvalue weighted by molar-refractivity contribution is 5.86. The predicted molar refractivity (Wildman–Crippen MR) is 124 cm³/mol. The zero-order chi connectivity index (χ0) is 22.4. The maximum atomic E-state index is 13.3. The Bertz CT molecular complexity index is 851. The molecule has 1 heterocycles. The molecule has 0 N–H and O–H groups in total. The van der Waals surface area contributed by atoms with Crippen LogP contribution in [0.25, 0.3) is 0 Å². The first-order valence-electron chi connectivity index (χ1n) is 11.6. The molecule has 0 saturated heterocycles. The summed E-state index contributed by atoms with van der Waals surface area (Å²) in [5.74, 6) is 0.255. The third-order valence-electron chi connectivity index (χ3n) is 6.31. The molecule has 31 heavy (non-hydrogen) atoms. The van der Waals surface area contributed by atoms with Gasteiger partial charge in [-0.1, -0.05) is 43.2 Å². The molecule has 0 radical (unpaired) electrons. The van der Waals surface area contributed by atoms with E-state index in [1.807, 2.05) is 56.9 Å². The van der Waals surface area contributed by atoms with Crippen LogP contribution in [-0.4, -0.2) is 44.8 Å². The lowest BCUT2D eigenvalue weighted by Gasteiger charge is -2.33. The summed E-state index contributed by atoms with van der Waals surface area (Å²) in [5.41, 5.74) is 2.33. The average Bonchev–Trinajstić information content (AvgIpc) is 3.42. The van der Waals surface area contributed by atoms with Crippen LogP contribution in [0.5, 0.6) is 0 Å². The Labute approximate surface area is 187 Å². The zero-order valence-electron chi connectivity index (χ0n) is 19.5. The van der Waals surface area contributed by atoms with Crippen molar-refractivity contribution in [3.63, 3.8) is 0 Å². The molecule has 3 rings (SSSR count). The summed E-state index contributed by atoms with van der Waals surface area (Å²) in [5, 5.41) is 0. The highest BCUT2D eigenvalue weighted by Crippen LogP contribution is 2.27. The van der Waals surface area contributed by atoms with E-state index in [1.54, 1.807) is 4.90 Å². The fourth-order valence-corrected chi connectivity index (χ4v) is 4.42. The van der Waals surface area contributed by atoms with Crippen LogP contribution in [0, 0.1) is 5.92 Å². The molecule has 2 amide bonds. The number of benzene rings is 1. The number of aromatic nitrogens is 1. The van der Waals surface area contributed by atoms with E-state index in [-0.39, 0.29) is 36.4 Å². The third kappa shape index (κ3) is 5.99. The highest BCUT2D eigenvalue weighted by Gasteiger charge is 2.31. The summed E-state index contributed by atoms with van der Waals surface area (Å²) in [4.78, 5) is 30.1. The lowest BCUT2D eigenvalue weighted by atomic mass is 10.1. The number of amides is 2. The van der Waals surface area contributed by atoms with Crippen LogP contribution in [0.1, 0.15) is 64.6 Å². The summed E-state index contributed by atoms with van der Waals surface area (Å²) in [6.07, 6.45) is 6.21. The lowest BCUT2D eigenvalue weighted by Crippen LogP contribution is -2.49. The van der Waals surface area contributed by atoms with Crippen LogP contribution in [-0.2, 0) is 22.7 Å². The normalized spacial score (nSPS) is 14.4. The van der Waals surface area contributed by atoms with Crippen molar-refractivity contribution in [3.05, 3.63) is 59.9 Å². The average molecular weight is 424 g/mol. The van der Waals surface area contributed by atoms with Crippen LogP contribution in [0.2, 0.25) is 0 Å². The highest BCUT2D eigenvalue weighted by atomic mass is 16.2. The second kappa shape index (κ2) is 10.7. The van der Waals surface area contributed by atoms with E-state index in [1.165, 1.54) is 5.56 Å². The first kappa shape index (κ1) is 23.1. The van der Waals surface area contributed by atoms with E-state index in [0.717, 1.165) is 37.9 Å². The minimum Gasteiger partial charge on any atom is -0.345 e. The molecule has 0 aliphatic heterocycles. The maximum absolute atomic E-state index is 13.3. The Morgan fingerprint density at radius 2 is 1.58 bits per heavy atom. The van der Waals surface area contributed by atoms with Crippen molar-refractivity contribution in [2.75, 3.05) is 6.54 Å². The molecular formula is C26H37N3O2. The quantitative estimate of drug-likeness (QED) is 0.587. The van der Waals surface area contributed by atoms with Gasteiger partial charge in [-0.3, -0.25) is 9.59 Å². The van der Waals surface area contributed by atoms with E-state index >= 15 is 0 Å². The number of rotatable bonds is 9. The molecule has 0 atom stereocenters. The van der Waals surface area contributed by atoms with E-state index < -0.39 is 0 Å². The van der Waals surface area contributed by atoms with Gasteiger partial charge in [0.05, 0.1) is 6.54 Å². The molecule has 5 nitrogen and oxygen atoms in total. The van der Waals surface area contributed by atoms with Gasteiger partial charge in [-0.25, -0.2) is 0 Å². The molecule has 168 valence electrons. The standard InChI is InChI=1S/C26H37N3O2/c1-20(2)28(18-24-15-10-16-27(24)17-22-11-6-5-7-12-22)25(30)19-29(21(3)4)26(31)23-13-8-9-14-23/h5-7,10-12,15-16,20-21,23H,8-9,13-14,17-19H2,1-4H3. The van der Waals surface area contributed by atoms with Crippen molar-refractivity contribution >= 4 is 11.8 Å². The molecule has 1 aromatic heterocycles. The zero-order valence-corrected chi connectivity index (χ0v) is 19.5. The van der Waals surface area contributed by atoms with Gasteiger partial charge in [0.15, 0.2) is 0 Å². The van der Waals surface area contributed by atoms with Crippen molar-refractivity contribution < 1.29 is 9.59 Å². The van der Waals surface area contributed by atoms with Gasteiger partial charge in [-0.15, -0.1) is 0 Å². The predicted octanol–water partition coefficient (Wildman–Crippen LogP) is 4.70. The van der Waals surface area contributed by atoms with Gasteiger partial charge in [-0.2, -0.15) is 0 Å². The van der Waals surface area contributed by atoms with Crippen molar-refractivity contribution in [2.24, 2.45) is 5.92 Å². The van der Waals surface area contributed by atoms with Crippen molar-refractivity contribution in [2.45, 2.75) is 78.6 Å². The monoisotopic (exact) mass is 423 g/mol. The number of carbonyl (C=O) groups excluding carboxylic acids is 2. The van der Waals surface area contributed by atoms with Crippen molar-refractivity contribution in [3.8, 4) is 0 Å². The molecule has 0 bridgehead atoms. The molecule has 0 unspecified atom stereocenters. The molecule has 1 aliphatic carbocycles. The SMILES string of the molecule is CC(C)N(Cc1cccn1Cc1ccccc1)C(=O)CN(C(=O)C1CCCC1)C(C)C. The lowest BCUT2D eigenvalue weighted by molar-refractivity contribution is -0.145. The van der Waals surface area contributed by atoms with Gasteiger partial charge in [0.2, 0.25) is 11.8 Å². The Balaban J connectivity index is 1.71. The summed E-state index contributed by atoms with van der Waals surface area (Å²) < 4.78 is 2.20. The molecule has 0 spiro atoms. The summed E-state index contributed by atoms with van der Waals surface area (Å²) in [6.45, 7) is 9.57. The second-order valence-corrected chi connectivity index (χ2v) is 9.27. The van der Waals surface area contributed by atoms with Crippen LogP contribution < -0.4 is 0 Å². The van der Waals surface area contributed by atoms with Crippen LogP contribution >= 0.6 is 0 Å². The topological polar surface area (TPSA) is 45.6 Å². The molecule has 1 saturated carbocycles. The largest absolute Gasteiger partial charge is 0.345 e. The van der Waals surface area contributed by atoms with Crippen LogP contribution in [0.15, 0.2) is 48.7 Å². The first-order chi connectivity index (χ1) is 14.9. The smallest absolute Gasteiger partial charge is 0.242 e. The molecule has 5 heteroatoms. The van der Waals surface area contributed by atoms with Crippen molar-refractivity contribution in [1.82, 2.24) is 14.4 Å². The van der Waals surface area contributed by atoms with Crippen molar-refractivity contribution in [1.29, 1.82) is 0 Å². The van der Waals surface area contributed by atoms with Gasteiger partial charge in [0.1, 0.15) is 6.54 Å². The van der Waals surface area contributed by atoms with Crippen LogP contribution in [0.3, 0.4) is 0 Å². The summed E-state index contributed by atoms with van der Waals surface area (Å²) in [6, 6.07) is 14.5. The van der Waals surface area contributed by atoms with E-state index in [9.17, 15) is 9.59 Å². The molecule has 1 aliphatic rings. The molecular weight excluding hydrogens is 386 g/mol. The van der Waals surface area contributed by atoms with E-state index in [4.69, 9.17) is 0 Å². The van der Waals surface area contributed by atoms with E-state index in [0.29, 0.717) is 6.54 Å². The number of hydrogen-bond donors (Lipinski definition) is 0. The summed E-state index contributed by atoms with van der Waals surface area (Å²) >= 11 is 0. The summed E-state index contributed by atoms with van der Waals surface area (Å²) in [7, 11) is 0. The second-order valence-electron chi connectivity index (χ2n) is 9.27. The minimum atomic E-state index is 0.0162. The number of nitrogens with zero attached hydrogens (tertiary/aromatic N) is 3. The van der Waals surface area contributed by atoms with E-state index in [2.05, 4.69) is 29.0 Å². The molecule has 1 aromatic carbocycles. The Kier molecular flexibility index (Phi) is 7.94. The Morgan fingerprint density at radius 1 is 0.935 bits per heavy atom. The number of carbonyl (C=O) groups is 2. The van der Waals surface area contributed by atoms with Gasteiger partial charge >= 0.3 is 0 Å². The fourth-order valence-electron chi connectivity index (χ4n) is 4.42.